The van der Waals surface area contributed by atoms with Gasteiger partial charge in [0.2, 0.25) is 10.0 Å². The minimum atomic E-state index is -5.48. The largest absolute Gasteiger partial charge is 1.00 e. The molecule has 0 aromatic heterocycles. The van der Waals surface area contributed by atoms with Crippen molar-refractivity contribution in [1.29, 1.82) is 0 Å². The number of phenolic OH excluding ortho intramolecular Hbond substituents is 1. The number of hydrogen-bond acceptors (Lipinski definition) is 17. The van der Waals surface area contributed by atoms with Crippen molar-refractivity contribution in [2.24, 2.45) is 4.99 Å². The number of hydrogen-bond donors (Lipinski definition) is 5. The van der Waals surface area contributed by atoms with Gasteiger partial charge in [0, 0.05) is 39.1 Å². The third-order valence-corrected chi connectivity index (χ3v) is 16.4. The molecule has 0 radical (unpaired) electrons. The Hall–Kier alpha value is -3.80. The van der Waals surface area contributed by atoms with E-state index in [-0.39, 0.29) is 180 Å². The zero-order chi connectivity index (χ0) is 53.3. The number of aromatic hydroxyl groups is 2. The molecule has 1 aliphatic heterocycles. The number of rotatable bonds is 13. The fourth-order valence-corrected chi connectivity index (χ4v) is 12.5. The van der Waals surface area contributed by atoms with Crippen molar-refractivity contribution in [2.75, 3.05) is 14.8 Å². The molecule has 6 aromatic rings. The van der Waals surface area contributed by atoms with Crippen molar-refractivity contribution >= 4 is 85.7 Å². The predicted octanol–water partition coefficient (Wildman–Crippen LogP) is -5.17. The third kappa shape index (κ3) is 13.4. The number of aromatic carboxylic acids is 1. The maximum absolute atomic E-state index is 13.7. The van der Waals surface area contributed by atoms with E-state index in [0.29, 0.717) is 33.5 Å². The van der Waals surface area contributed by atoms with E-state index >= 15 is 0 Å². The van der Waals surface area contributed by atoms with E-state index in [9.17, 15) is 62.9 Å². The molecule has 0 saturated heterocycles. The van der Waals surface area contributed by atoms with Crippen LogP contribution < -0.4 is 143 Å². The maximum Gasteiger partial charge on any atom is 1.00 e. The zero-order valence-electron chi connectivity index (χ0n) is 43.0. The summed E-state index contributed by atoms with van der Waals surface area (Å²) in [5.41, 5.74) is 1.91. The van der Waals surface area contributed by atoms with Crippen molar-refractivity contribution in [3.05, 3.63) is 153 Å². The number of fused-ring (bicyclic) bond motifs is 2. The van der Waals surface area contributed by atoms with E-state index < -0.39 is 88.3 Å². The van der Waals surface area contributed by atoms with Crippen LogP contribution in [-0.4, -0.2) is 59.0 Å². The van der Waals surface area contributed by atoms with Crippen LogP contribution in [0.1, 0.15) is 43.7 Å². The molecule has 6 aromatic carbocycles. The first-order valence-corrected chi connectivity index (χ1v) is 27.2. The van der Waals surface area contributed by atoms with Gasteiger partial charge < -0.3 is 39.0 Å². The van der Waals surface area contributed by atoms with Crippen LogP contribution in [0.25, 0.3) is 33.4 Å². The molecule has 0 atom stereocenters. The molecule has 2 aliphatic rings. The Morgan fingerprint density at radius 1 is 0.610 bits per heavy atom. The molecule has 0 fully saturated rings. The van der Waals surface area contributed by atoms with Crippen LogP contribution in [-0.2, 0) is 40.3 Å². The molecule has 0 amide bonds. The zero-order valence-corrected chi connectivity index (χ0v) is 54.3. The molecule has 0 unspecified atom stereocenters. The summed E-state index contributed by atoms with van der Waals surface area (Å²) in [7, 11) is -19.7. The topological polar surface area (TPSA) is 325 Å². The Kier molecular flexibility index (Phi) is 21.3. The minimum absolute atomic E-state index is 0. The van der Waals surface area contributed by atoms with E-state index in [1.165, 1.54) is 68.4 Å². The first-order chi connectivity index (χ1) is 34.1. The molecule has 1 heterocycles. The van der Waals surface area contributed by atoms with E-state index in [1.54, 1.807) is 33.8 Å². The molecule has 8 rings (SSSR count). The molecule has 0 bridgehead atoms. The van der Waals surface area contributed by atoms with Crippen molar-refractivity contribution in [3.63, 3.8) is 0 Å². The van der Waals surface area contributed by atoms with Gasteiger partial charge in [0.1, 0.15) is 36.6 Å². The summed E-state index contributed by atoms with van der Waals surface area (Å²) in [5.74, 6) is -3.69. The van der Waals surface area contributed by atoms with Crippen molar-refractivity contribution < 1.29 is 186 Å². The van der Waals surface area contributed by atoms with Crippen LogP contribution in [0.3, 0.4) is 0 Å². The van der Waals surface area contributed by atoms with Gasteiger partial charge in [-0.3, -0.25) is 9.44 Å². The first kappa shape index (κ1) is 65.7. The van der Waals surface area contributed by atoms with Crippen LogP contribution in [0.5, 0.6) is 11.5 Å². The number of nitrogens with one attached hydrogen (secondary N) is 3. The summed E-state index contributed by atoms with van der Waals surface area (Å²) in [6.45, 7) is 9.65. The Morgan fingerprint density at radius 2 is 1.17 bits per heavy atom. The average Bonchev–Trinajstić information content (AvgIpc) is 3.30. The maximum atomic E-state index is 13.7. The summed E-state index contributed by atoms with van der Waals surface area (Å²) >= 11 is 0. The smallest absolute Gasteiger partial charge is 0.744 e. The number of carbonyl (C=O) groups excluding carboxylic acids is 1. The summed E-state index contributed by atoms with van der Waals surface area (Å²) in [6.07, 6.45) is 0. The summed E-state index contributed by atoms with van der Waals surface area (Å²) in [4.78, 5) is 13.3. The van der Waals surface area contributed by atoms with Gasteiger partial charge >= 0.3 is 118 Å². The Labute approximate surface area is 532 Å². The van der Waals surface area contributed by atoms with Crippen LogP contribution in [0.15, 0.2) is 126 Å². The van der Waals surface area contributed by atoms with Gasteiger partial charge in [-0.1, -0.05) is 53.0 Å². The second-order valence-electron chi connectivity index (χ2n) is 16.8. The number of nitrogens with zero attached hydrogens (tertiary/aromatic N) is 1. The SMILES string of the molecule is Cc1cc(C)c(NS(=O)(=O)c2cccc(C(=O)[O-])c2O)c(C)c1N=c1cc2oc3cc(Nc4c(C)cc(C)c(NS(=O)(=O)c5ccc[c-]c5O)c4C)[c-]cc3c(-c3ccccc3S(=O)(=O)[O-])c-2cc1S(=O)(=O)[O-].[Na+].[Na+].[Na+].[Na+]. The van der Waals surface area contributed by atoms with E-state index in [2.05, 4.69) is 31.9 Å². The molecular formula is C50H39N4Na4O15S4-. The number of carboxylic acid groups (broad SMARTS) is 1. The molecule has 27 heteroatoms. The van der Waals surface area contributed by atoms with Gasteiger partial charge in [0.05, 0.1) is 38.2 Å². The average molecular weight is 1160 g/mol. The third-order valence-electron chi connectivity index (χ3n) is 11.9. The number of benzene rings is 7. The van der Waals surface area contributed by atoms with Crippen LogP contribution in [0.2, 0.25) is 0 Å². The molecule has 0 saturated carbocycles. The standard InChI is InChI=1S/C50H42N4O15S4.4Na/c1-25-20-27(3)47(53-70(59,60)41-16-10-8-14-37(41)55)29(5)45(25)51-31-18-19-32-38(22-31)69-39-24-36(43(73(66,67)68)23-35(39)44(32)33-12-7-9-15-40(33)72(63,64)65)52-46-26(2)21-28(4)48(30(46)6)54-71(61,62)42-17-11-13-34(49(42)56)50(57)58;;;;/h7-13,15-17,19-24,51,53-56H,1-6H3,(H,57,58)(H,63,64,65)(H,66,67,68);;;;/q-2;4*+1/p-3. The number of carbonyl (C=O) groups is 1. The number of para-hydroxylation sites is 2. The number of phenols is 2. The number of anilines is 4. The van der Waals surface area contributed by atoms with Crippen molar-refractivity contribution in [3.8, 4) is 33.9 Å². The van der Waals surface area contributed by atoms with Crippen molar-refractivity contribution in [2.45, 2.75) is 61.1 Å². The molecule has 0 spiro atoms. The summed E-state index contributed by atoms with van der Waals surface area (Å²) in [6, 6.07) is 25.6. The van der Waals surface area contributed by atoms with Gasteiger partial charge in [-0.15, -0.1) is 18.2 Å². The number of sulfonamides is 2. The fraction of sp³-hybridized carbons (Fsp3) is 0.120. The summed E-state index contributed by atoms with van der Waals surface area (Å²) < 4.78 is 144. The second kappa shape index (κ2) is 24.9. The monoisotopic (exact) mass is 1160 g/mol. The Bertz CT molecular complexity index is 4200. The van der Waals surface area contributed by atoms with Crippen molar-refractivity contribution in [1.82, 2.24) is 0 Å². The predicted molar refractivity (Wildman–Crippen MR) is 264 cm³/mol. The molecule has 1 aliphatic carbocycles. The quantitative estimate of drug-likeness (QED) is 0.0312. The molecule has 77 heavy (non-hydrogen) atoms. The van der Waals surface area contributed by atoms with Crippen LogP contribution in [0, 0.1) is 53.7 Å². The Balaban J connectivity index is 0.00000320. The first-order valence-electron chi connectivity index (χ1n) is 21.4. The molecule has 19 nitrogen and oxygen atoms in total. The van der Waals surface area contributed by atoms with E-state index in [1.807, 2.05) is 0 Å². The second-order valence-corrected chi connectivity index (χ2v) is 22.8. The number of aryl methyl sites for hydroxylation is 4. The van der Waals surface area contributed by atoms with Crippen LogP contribution >= 0.6 is 0 Å². The van der Waals surface area contributed by atoms with Crippen LogP contribution in [0.4, 0.5) is 28.4 Å². The molecule has 5 N–H and O–H groups in total. The number of carboxylic acids is 1. The molecular weight excluding hydrogens is 1120 g/mol. The minimum Gasteiger partial charge on any atom is -0.744 e. The fourth-order valence-electron chi connectivity index (χ4n) is 8.59. The van der Waals surface area contributed by atoms with Gasteiger partial charge in [-0.2, -0.15) is 24.3 Å². The van der Waals surface area contributed by atoms with Gasteiger partial charge in [-0.25, -0.2) is 38.7 Å². The van der Waals surface area contributed by atoms with E-state index in [4.69, 9.17) is 4.42 Å². The van der Waals surface area contributed by atoms with Gasteiger partial charge in [-0.05, 0) is 105 Å². The Morgan fingerprint density at radius 3 is 1.78 bits per heavy atom. The van der Waals surface area contributed by atoms with E-state index in [0.717, 1.165) is 36.4 Å². The van der Waals surface area contributed by atoms with Gasteiger partial charge in [0.15, 0.2) is 0 Å². The normalized spacial score (nSPS) is 11.9. The molecule has 378 valence electrons. The summed E-state index contributed by atoms with van der Waals surface area (Å²) in [5, 5.41) is 35.3. The van der Waals surface area contributed by atoms with Gasteiger partial charge in [0.25, 0.3) is 10.0 Å².